The minimum atomic E-state index is -0.689. The number of nitrogens with zero attached hydrogens (tertiary/aromatic N) is 2. The van der Waals surface area contributed by atoms with Gasteiger partial charge in [-0.3, -0.25) is 9.78 Å². The van der Waals surface area contributed by atoms with Gasteiger partial charge < -0.3 is 4.74 Å². The summed E-state index contributed by atoms with van der Waals surface area (Å²) in [5.74, 6) is 0.248. The van der Waals surface area contributed by atoms with Crippen molar-refractivity contribution in [1.82, 2.24) is 10.4 Å². The van der Waals surface area contributed by atoms with E-state index in [9.17, 15) is 4.79 Å². The molecule has 1 atom stereocenters. The van der Waals surface area contributed by atoms with Gasteiger partial charge in [0.05, 0.1) is 6.21 Å². The Bertz CT molecular complexity index is 857. The normalized spacial score (nSPS) is 12.2. The maximum atomic E-state index is 12.1. The topological polar surface area (TPSA) is 63.6 Å². The molecule has 24 heavy (non-hydrogen) atoms. The van der Waals surface area contributed by atoms with Gasteiger partial charge in [0.2, 0.25) is 0 Å². The molecule has 1 N–H and O–H groups in total. The van der Waals surface area contributed by atoms with Crippen LogP contribution in [0.5, 0.6) is 5.75 Å². The van der Waals surface area contributed by atoms with E-state index in [1.165, 1.54) is 0 Å². The van der Waals surface area contributed by atoms with E-state index in [0.717, 1.165) is 16.5 Å². The molecule has 1 amide bonds. The molecule has 0 aliphatic rings. The number of hydrazone groups is 1. The number of fused-ring (bicyclic) bond motifs is 1. The molecule has 0 fully saturated rings. The number of rotatable bonds is 5. The van der Waals surface area contributed by atoms with Gasteiger partial charge in [0.1, 0.15) is 11.3 Å². The van der Waals surface area contributed by atoms with Crippen LogP contribution in [0, 0.1) is 0 Å². The minimum Gasteiger partial charge on any atom is -0.479 e. The molecule has 5 heteroatoms. The van der Waals surface area contributed by atoms with Gasteiger partial charge in [-0.2, -0.15) is 5.10 Å². The highest BCUT2D eigenvalue weighted by molar-refractivity contribution is 5.86. The van der Waals surface area contributed by atoms with Crippen molar-refractivity contribution in [2.75, 3.05) is 0 Å². The van der Waals surface area contributed by atoms with E-state index in [4.69, 9.17) is 4.74 Å². The zero-order chi connectivity index (χ0) is 16.8. The SMILES string of the molecule is C[C@@H](Oc1cccc2cccnc12)C(=O)N/N=C\c1ccccc1. The zero-order valence-corrected chi connectivity index (χ0v) is 13.2. The molecule has 0 saturated heterocycles. The summed E-state index contributed by atoms with van der Waals surface area (Å²) in [5.41, 5.74) is 4.12. The molecule has 1 aromatic heterocycles. The lowest BCUT2D eigenvalue weighted by molar-refractivity contribution is -0.127. The summed E-state index contributed by atoms with van der Waals surface area (Å²) in [7, 11) is 0. The number of nitrogens with one attached hydrogen (secondary N) is 1. The first-order valence-corrected chi connectivity index (χ1v) is 7.62. The first kappa shape index (κ1) is 15.7. The Morgan fingerprint density at radius 2 is 1.92 bits per heavy atom. The first-order valence-electron chi connectivity index (χ1n) is 7.62. The Morgan fingerprint density at radius 1 is 1.12 bits per heavy atom. The third-order valence-electron chi connectivity index (χ3n) is 3.46. The van der Waals surface area contributed by atoms with Crippen LogP contribution in [0.25, 0.3) is 10.9 Å². The first-order chi connectivity index (χ1) is 11.7. The summed E-state index contributed by atoms with van der Waals surface area (Å²) in [5, 5.41) is 4.91. The number of ether oxygens (including phenoxy) is 1. The monoisotopic (exact) mass is 319 g/mol. The molecular weight excluding hydrogens is 302 g/mol. The van der Waals surface area contributed by atoms with Crippen LogP contribution in [-0.2, 0) is 4.79 Å². The fraction of sp³-hybridized carbons (Fsp3) is 0.105. The maximum absolute atomic E-state index is 12.1. The largest absolute Gasteiger partial charge is 0.479 e. The summed E-state index contributed by atoms with van der Waals surface area (Å²) < 4.78 is 5.74. The number of carbonyl (C=O) groups excluding carboxylic acids is 1. The van der Waals surface area contributed by atoms with Crippen molar-refractivity contribution in [3.63, 3.8) is 0 Å². The number of carbonyl (C=O) groups is 1. The van der Waals surface area contributed by atoms with Crippen LogP contribution in [0.15, 0.2) is 72.0 Å². The molecule has 0 spiro atoms. The zero-order valence-electron chi connectivity index (χ0n) is 13.2. The number of pyridine rings is 1. The average Bonchev–Trinajstić information content (AvgIpc) is 2.63. The van der Waals surface area contributed by atoms with Crippen LogP contribution in [0.3, 0.4) is 0 Å². The summed E-state index contributed by atoms with van der Waals surface area (Å²) >= 11 is 0. The molecule has 120 valence electrons. The second kappa shape index (κ2) is 7.37. The lowest BCUT2D eigenvalue weighted by Gasteiger charge is -2.14. The third-order valence-corrected chi connectivity index (χ3v) is 3.46. The van der Waals surface area contributed by atoms with Crippen LogP contribution in [0.2, 0.25) is 0 Å². The van der Waals surface area contributed by atoms with E-state index in [0.29, 0.717) is 5.75 Å². The van der Waals surface area contributed by atoms with Crippen molar-refractivity contribution in [3.8, 4) is 5.75 Å². The summed E-state index contributed by atoms with van der Waals surface area (Å²) in [6.07, 6.45) is 2.60. The Labute approximate surface area is 140 Å². The summed E-state index contributed by atoms with van der Waals surface area (Å²) in [6.45, 7) is 1.68. The molecule has 3 rings (SSSR count). The van der Waals surface area contributed by atoms with Crippen molar-refractivity contribution in [3.05, 3.63) is 72.4 Å². The molecule has 3 aromatic rings. The minimum absolute atomic E-state index is 0.324. The van der Waals surface area contributed by atoms with E-state index in [1.54, 1.807) is 25.4 Å². The van der Waals surface area contributed by atoms with E-state index in [2.05, 4.69) is 15.5 Å². The smallest absolute Gasteiger partial charge is 0.280 e. The second-order valence-electron chi connectivity index (χ2n) is 5.24. The van der Waals surface area contributed by atoms with Crippen molar-refractivity contribution in [2.45, 2.75) is 13.0 Å². The van der Waals surface area contributed by atoms with Gasteiger partial charge in [0, 0.05) is 11.6 Å². The van der Waals surface area contributed by atoms with Gasteiger partial charge in [-0.15, -0.1) is 0 Å². The molecule has 2 aromatic carbocycles. The predicted molar refractivity (Wildman–Crippen MR) is 94.0 cm³/mol. The van der Waals surface area contributed by atoms with Crippen molar-refractivity contribution >= 4 is 23.0 Å². The second-order valence-corrected chi connectivity index (χ2v) is 5.24. The molecule has 0 bridgehead atoms. The molecule has 5 nitrogen and oxygen atoms in total. The van der Waals surface area contributed by atoms with Crippen molar-refractivity contribution in [2.24, 2.45) is 5.10 Å². The highest BCUT2D eigenvalue weighted by Crippen LogP contribution is 2.23. The van der Waals surface area contributed by atoms with Crippen LogP contribution < -0.4 is 10.2 Å². The molecule has 1 heterocycles. The van der Waals surface area contributed by atoms with E-state index in [-0.39, 0.29) is 5.91 Å². The fourth-order valence-electron chi connectivity index (χ4n) is 2.22. The van der Waals surface area contributed by atoms with Crippen LogP contribution in [0.1, 0.15) is 12.5 Å². The lowest BCUT2D eigenvalue weighted by atomic mass is 10.2. The maximum Gasteiger partial charge on any atom is 0.280 e. The molecular formula is C19H17N3O2. The Kier molecular flexibility index (Phi) is 4.81. The Morgan fingerprint density at radius 3 is 2.75 bits per heavy atom. The average molecular weight is 319 g/mol. The molecule has 0 unspecified atom stereocenters. The third kappa shape index (κ3) is 3.76. The van der Waals surface area contributed by atoms with E-state index >= 15 is 0 Å². The van der Waals surface area contributed by atoms with Gasteiger partial charge in [-0.05, 0) is 24.6 Å². The van der Waals surface area contributed by atoms with Gasteiger partial charge >= 0.3 is 0 Å². The van der Waals surface area contributed by atoms with Gasteiger partial charge in [0.25, 0.3) is 5.91 Å². The number of benzene rings is 2. The van der Waals surface area contributed by atoms with Crippen molar-refractivity contribution in [1.29, 1.82) is 0 Å². The summed E-state index contributed by atoms with van der Waals surface area (Å²) in [4.78, 5) is 16.4. The van der Waals surface area contributed by atoms with E-state index in [1.807, 2.05) is 54.6 Å². The van der Waals surface area contributed by atoms with Crippen LogP contribution >= 0.6 is 0 Å². The number of aromatic nitrogens is 1. The fourth-order valence-corrected chi connectivity index (χ4v) is 2.22. The predicted octanol–water partition coefficient (Wildman–Crippen LogP) is 3.15. The van der Waals surface area contributed by atoms with Crippen LogP contribution in [-0.4, -0.2) is 23.2 Å². The molecule has 0 saturated carbocycles. The quantitative estimate of drug-likeness (QED) is 0.580. The lowest BCUT2D eigenvalue weighted by Crippen LogP contribution is -2.33. The number of para-hydroxylation sites is 1. The number of hydrogen-bond donors (Lipinski definition) is 1. The number of hydrogen-bond acceptors (Lipinski definition) is 4. The molecule has 0 aliphatic heterocycles. The molecule has 0 aliphatic carbocycles. The highest BCUT2D eigenvalue weighted by Gasteiger charge is 2.15. The van der Waals surface area contributed by atoms with Crippen LogP contribution in [0.4, 0.5) is 0 Å². The number of amides is 1. The Hall–Kier alpha value is -3.21. The van der Waals surface area contributed by atoms with Gasteiger partial charge in [-0.1, -0.05) is 48.5 Å². The highest BCUT2D eigenvalue weighted by atomic mass is 16.5. The van der Waals surface area contributed by atoms with Gasteiger partial charge in [-0.25, -0.2) is 5.43 Å². The standard InChI is InChI=1S/C19H17N3O2/c1-14(19(23)22-21-13-15-7-3-2-4-8-15)24-17-11-5-9-16-10-6-12-20-18(16)17/h2-14H,1H3,(H,22,23)/b21-13-/t14-/m1/s1. The molecule has 0 radical (unpaired) electrons. The van der Waals surface area contributed by atoms with E-state index < -0.39 is 6.10 Å². The van der Waals surface area contributed by atoms with Gasteiger partial charge in [0.15, 0.2) is 6.10 Å². The van der Waals surface area contributed by atoms with Crippen molar-refractivity contribution < 1.29 is 9.53 Å². The Balaban J connectivity index is 1.64. The summed E-state index contributed by atoms with van der Waals surface area (Å²) in [6, 6.07) is 19.0.